The van der Waals surface area contributed by atoms with Gasteiger partial charge in [0.25, 0.3) is 0 Å². The third-order valence-corrected chi connectivity index (χ3v) is 1.60. The maximum Gasteiger partial charge on any atom is 0.328 e. The van der Waals surface area contributed by atoms with Crippen LogP contribution in [0.5, 0.6) is 0 Å². The molecule has 0 aliphatic heterocycles. The highest BCUT2D eigenvalue weighted by molar-refractivity contribution is 5.85. The normalized spacial score (nSPS) is 10.2. The molecule has 0 atom stereocenters. The molecule has 1 aromatic carbocycles. The Morgan fingerprint density at radius 2 is 2.13 bits per heavy atom. The zero-order valence-corrected chi connectivity index (χ0v) is 7.37. The van der Waals surface area contributed by atoms with Crippen molar-refractivity contribution in [2.75, 3.05) is 0 Å². The second-order valence-corrected chi connectivity index (χ2v) is 2.64. The van der Waals surface area contributed by atoms with E-state index in [1.54, 1.807) is 0 Å². The number of benzene rings is 1. The first-order valence-corrected chi connectivity index (χ1v) is 3.84. The number of carboxylic acid groups (broad SMARTS) is 1. The lowest BCUT2D eigenvalue weighted by Crippen LogP contribution is -1.92. The molecule has 1 aromatic rings. The van der Waals surface area contributed by atoms with Crippen molar-refractivity contribution in [1.29, 1.82) is 5.26 Å². The zero-order chi connectivity index (χ0) is 11.4. The van der Waals surface area contributed by atoms with Crippen LogP contribution in [0.4, 0.5) is 8.78 Å². The summed E-state index contributed by atoms with van der Waals surface area (Å²) in [7, 11) is 0. The van der Waals surface area contributed by atoms with E-state index in [0.29, 0.717) is 12.1 Å². The van der Waals surface area contributed by atoms with Crippen LogP contribution in [0.3, 0.4) is 0 Å². The van der Waals surface area contributed by atoms with Crippen LogP contribution in [0.15, 0.2) is 18.2 Å². The number of nitrogens with zero attached hydrogens (tertiary/aromatic N) is 1. The molecule has 0 fully saturated rings. The van der Waals surface area contributed by atoms with Gasteiger partial charge in [-0.1, -0.05) is 0 Å². The Morgan fingerprint density at radius 3 is 2.67 bits per heavy atom. The summed E-state index contributed by atoms with van der Waals surface area (Å²) in [5, 5.41) is 16.9. The zero-order valence-electron chi connectivity index (χ0n) is 7.37. The van der Waals surface area contributed by atoms with E-state index in [4.69, 9.17) is 10.4 Å². The Balaban J connectivity index is 3.28. The van der Waals surface area contributed by atoms with Gasteiger partial charge in [0.15, 0.2) is 0 Å². The van der Waals surface area contributed by atoms with Crippen LogP contribution in [0.2, 0.25) is 0 Å². The van der Waals surface area contributed by atoms with Gasteiger partial charge in [-0.05, 0) is 17.7 Å². The monoisotopic (exact) mass is 209 g/mol. The molecule has 0 spiro atoms. The molecule has 0 bridgehead atoms. The molecule has 5 heteroatoms. The van der Waals surface area contributed by atoms with Gasteiger partial charge >= 0.3 is 5.97 Å². The van der Waals surface area contributed by atoms with Gasteiger partial charge in [-0.25, -0.2) is 13.6 Å². The summed E-state index contributed by atoms with van der Waals surface area (Å²) in [6.07, 6.45) is 1.67. The molecule has 0 amide bonds. The average molecular weight is 209 g/mol. The first-order chi connectivity index (χ1) is 7.04. The van der Waals surface area contributed by atoms with Gasteiger partial charge in [0.1, 0.15) is 17.7 Å². The fraction of sp³-hybridized carbons (Fsp3) is 0. The van der Waals surface area contributed by atoms with E-state index in [2.05, 4.69) is 0 Å². The molecule has 0 saturated carbocycles. The maximum absolute atomic E-state index is 13.0. The lowest BCUT2D eigenvalue weighted by Gasteiger charge is -1.99. The van der Waals surface area contributed by atoms with Crippen LogP contribution in [0.1, 0.15) is 11.1 Å². The topological polar surface area (TPSA) is 61.1 Å². The van der Waals surface area contributed by atoms with E-state index in [9.17, 15) is 13.6 Å². The molecule has 0 aromatic heterocycles. The van der Waals surface area contributed by atoms with Crippen molar-refractivity contribution in [2.24, 2.45) is 0 Å². The fourth-order valence-electron chi connectivity index (χ4n) is 1.00. The van der Waals surface area contributed by atoms with Crippen LogP contribution in [0.25, 0.3) is 6.08 Å². The van der Waals surface area contributed by atoms with Gasteiger partial charge in [0.05, 0.1) is 5.56 Å². The quantitative estimate of drug-likeness (QED) is 0.757. The summed E-state index contributed by atoms with van der Waals surface area (Å²) in [6, 6.07) is 2.99. The molecule has 0 saturated heterocycles. The van der Waals surface area contributed by atoms with Crippen molar-refractivity contribution in [2.45, 2.75) is 0 Å². The second-order valence-electron chi connectivity index (χ2n) is 2.64. The van der Waals surface area contributed by atoms with E-state index < -0.39 is 17.6 Å². The van der Waals surface area contributed by atoms with Gasteiger partial charge in [-0.15, -0.1) is 0 Å². The standard InChI is InChI=1S/C10H5F2NO2/c11-7-3-6(1-2-10(14)15)8(5-13)9(12)4-7/h1-4H,(H,14,15)/b2-1+. The summed E-state index contributed by atoms with van der Waals surface area (Å²) >= 11 is 0. The summed E-state index contributed by atoms with van der Waals surface area (Å²) in [5.41, 5.74) is -0.480. The van der Waals surface area contributed by atoms with Gasteiger partial charge in [0, 0.05) is 12.1 Å². The number of hydrogen-bond donors (Lipinski definition) is 1. The van der Waals surface area contributed by atoms with Crippen molar-refractivity contribution in [3.63, 3.8) is 0 Å². The molecule has 76 valence electrons. The van der Waals surface area contributed by atoms with Crippen LogP contribution >= 0.6 is 0 Å². The molecule has 0 heterocycles. The summed E-state index contributed by atoms with van der Waals surface area (Å²) < 4.78 is 25.7. The average Bonchev–Trinajstić information content (AvgIpc) is 2.13. The molecule has 0 radical (unpaired) electrons. The summed E-state index contributed by atoms with van der Waals surface area (Å²) in [4.78, 5) is 10.2. The molecule has 0 aliphatic rings. The van der Waals surface area contributed by atoms with E-state index in [1.165, 1.54) is 6.07 Å². The summed E-state index contributed by atoms with van der Waals surface area (Å²) in [6.45, 7) is 0. The van der Waals surface area contributed by atoms with Crippen molar-refractivity contribution < 1.29 is 18.7 Å². The number of nitriles is 1. The van der Waals surface area contributed by atoms with Crippen LogP contribution in [0, 0.1) is 23.0 Å². The first-order valence-electron chi connectivity index (χ1n) is 3.84. The number of aliphatic carboxylic acids is 1. The fourth-order valence-corrected chi connectivity index (χ4v) is 1.00. The molecule has 1 N–H and O–H groups in total. The van der Waals surface area contributed by atoms with E-state index in [1.807, 2.05) is 0 Å². The highest BCUT2D eigenvalue weighted by Crippen LogP contribution is 2.16. The van der Waals surface area contributed by atoms with Crippen molar-refractivity contribution in [3.05, 3.63) is 41.0 Å². The molecule has 0 aliphatic carbocycles. The second kappa shape index (κ2) is 4.33. The lowest BCUT2D eigenvalue weighted by atomic mass is 10.1. The minimum absolute atomic E-state index is 0.0996. The van der Waals surface area contributed by atoms with E-state index in [0.717, 1.165) is 12.1 Å². The highest BCUT2D eigenvalue weighted by Gasteiger charge is 2.08. The van der Waals surface area contributed by atoms with Crippen LogP contribution in [-0.2, 0) is 4.79 Å². The third kappa shape index (κ3) is 2.61. The molecular formula is C10H5F2NO2. The van der Waals surface area contributed by atoms with Crippen LogP contribution in [-0.4, -0.2) is 11.1 Å². The number of hydrogen-bond acceptors (Lipinski definition) is 2. The minimum Gasteiger partial charge on any atom is -0.478 e. The first kappa shape index (κ1) is 10.9. The maximum atomic E-state index is 13.0. The molecule has 3 nitrogen and oxygen atoms in total. The predicted molar refractivity (Wildman–Crippen MR) is 47.7 cm³/mol. The lowest BCUT2D eigenvalue weighted by molar-refractivity contribution is -0.131. The van der Waals surface area contributed by atoms with Crippen molar-refractivity contribution in [1.82, 2.24) is 0 Å². The van der Waals surface area contributed by atoms with Gasteiger partial charge in [-0.2, -0.15) is 5.26 Å². The van der Waals surface area contributed by atoms with Crippen molar-refractivity contribution in [3.8, 4) is 6.07 Å². The Morgan fingerprint density at radius 1 is 1.47 bits per heavy atom. The largest absolute Gasteiger partial charge is 0.478 e. The number of rotatable bonds is 2. The molecular weight excluding hydrogens is 204 g/mol. The Hall–Kier alpha value is -2.22. The number of carbonyl (C=O) groups is 1. The Kier molecular flexibility index (Phi) is 3.13. The molecule has 0 unspecified atom stereocenters. The van der Waals surface area contributed by atoms with E-state index in [-0.39, 0.29) is 11.1 Å². The molecule has 1 rings (SSSR count). The van der Waals surface area contributed by atoms with E-state index >= 15 is 0 Å². The minimum atomic E-state index is -1.26. The predicted octanol–water partition coefficient (Wildman–Crippen LogP) is 1.93. The van der Waals surface area contributed by atoms with Gasteiger partial charge in [-0.3, -0.25) is 0 Å². The number of carboxylic acids is 1. The SMILES string of the molecule is N#Cc1c(F)cc(F)cc1/C=C/C(=O)O. The Labute approximate surface area is 83.9 Å². The van der Waals surface area contributed by atoms with Crippen LogP contribution < -0.4 is 0 Å². The van der Waals surface area contributed by atoms with Crippen molar-refractivity contribution >= 4 is 12.0 Å². The van der Waals surface area contributed by atoms with Gasteiger partial charge in [0.2, 0.25) is 0 Å². The third-order valence-electron chi connectivity index (χ3n) is 1.60. The van der Waals surface area contributed by atoms with Gasteiger partial charge < -0.3 is 5.11 Å². The summed E-state index contributed by atoms with van der Waals surface area (Å²) in [5.74, 6) is -3.14. The Bertz CT molecular complexity index is 475. The smallest absolute Gasteiger partial charge is 0.328 e. The number of halogens is 2. The molecule has 15 heavy (non-hydrogen) atoms. The highest BCUT2D eigenvalue weighted by atomic mass is 19.1.